The molecule has 0 saturated carbocycles. The molecule has 2 aromatic rings. The van der Waals surface area contributed by atoms with E-state index in [4.69, 9.17) is 9.26 Å². The minimum absolute atomic E-state index is 0.177. The molecular formula is C20H30N4O2. The molecule has 26 heavy (non-hydrogen) atoms. The summed E-state index contributed by atoms with van der Waals surface area (Å²) in [5.74, 6) is 2.79. The van der Waals surface area contributed by atoms with Gasteiger partial charge in [0.1, 0.15) is 5.75 Å². The van der Waals surface area contributed by atoms with Crippen molar-refractivity contribution in [3.63, 3.8) is 0 Å². The first-order valence-corrected chi connectivity index (χ1v) is 9.21. The van der Waals surface area contributed by atoms with Gasteiger partial charge < -0.3 is 19.9 Å². The SMILES string of the molecule is CCNC(=NCc1ccc(OC(C)C)cc1)NCc1cc(C(C)C)no1. The summed E-state index contributed by atoms with van der Waals surface area (Å²) in [6, 6.07) is 10.0. The molecular weight excluding hydrogens is 328 g/mol. The predicted molar refractivity (Wildman–Crippen MR) is 104 cm³/mol. The largest absolute Gasteiger partial charge is 0.491 e. The number of rotatable bonds is 8. The van der Waals surface area contributed by atoms with Gasteiger partial charge in [-0.15, -0.1) is 0 Å². The maximum absolute atomic E-state index is 5.66. The fourth-order valence-electron chi connectivity index (χ4n) is 2.31. The van der Waals surface area contributed by atoms with Crippen LogP contribution in [0.15, 0.2) is 39.8 Å². The van der Waals surface area contributed by atoms with Gasteiger partial charge in [-0.05, 0) is 44.4 Å². The Bertz CT molecular complexity index is 690. The van der Waals surface area contributed by atoms with E-state index in [1.54, 1.807) is 0 Å². The van der Waals surface area contributed by atoms with Gasteiger partial charge in [-0.1, -0.05) is 31.1 Å². The number of aromatic nitrogens is 1. The summed E-state index contributed by atoms with van der Waals surface area (Å²) < 4.78 is 11.0. The highest BCUT2D eigenvalue weighted by Gasteiger charge is 2.08. The Kier molecular flexibility index (Phi) is 7.51. The first-order valence-electron chi connectivity index (χ1n) is 9.21. The molecule has 1 aromatic carbocycles. The quantitative estimate of drug-likeness (QED) is 0.554. The molecule has 0 bridgehead atoms. The topological polar surface area (TPSA) is 71.7 Å². The molecule has 2 N–H and O–H groups in total. The second-order valence-corrected chi connectivity index (χ2v) is 6.73. The van der Waals surface area contributed by atoms with Crippen LogP contribution in [-0.4, -0.2) is 23.8 Å². The van der Waals surface area contributed by atoms with Gasteiger partial charge in [0.25, 0.3) is 0 Å². The second kappa shape index (κ2) is 9.85. The van der Waals surface area contributed by atoms with E-state index in [2.05, 4.69) is 34.6 Å². The zero-order valence-corrected chi connectivity index (χ0v) is 16.4. The van der Waals surface area contributed by atoms with Crippen LogP contribution in [0.25, 0.3) is 0 Å². The van der Waals surface area contributed by atoms with Crippen molar-refractivity contribution in [2.75, 3.05) is 6.54 Å². The van der Waals surface area contributed by atoms with Crippen molar-refractivity contribution >= 4 is 5.96 Å². The number of aliphatic imine (C=N–C) groups is 1. The van der Waals surface area contributed by atoms with Crippen molar-refractivity contribution in [2.24, 2.45) is 4.99 Å². The van der Waals surface area contributed by atoms with Crippen LogP contribution in [0.3, 0.4) is 0 Å². The molecule has 0 unspecified atom stereocenters. The lowest BCUT2D eigenvalue weighted by molar-refractivity contribution is 0.242. The summed E-state index contributed by atoms with van der Waals surface area (Å²) >= 11 is 0. The van der Waals surface area contributed by atoms with Crippen LogP contribution < -0.4 is 15.4 Å². The Hall–Kier alpha value is -2.50. The lowest BCUT2D eigenvalue weighted by Gasteiger charge is -2.11. The first kappa shape index (κ1) is 19.8. The molecule has 0 atom stereocenters. The Morgan fingerprint density at radius 3 is 2.46 bits per heavy atom. The number of ether oxygens (including phenoxy) is 1. The van der Waals surface area contributed by atoms with Gasteiger partial charge in [-0.3, -0.25) is 0 Å². The Labute approximate surface area is 156 Å². The summed E-state index contributed by atoms with van der Waals surface area (Å²) in [7, 11) is 0. The molecule has 0 radical (unpaired) electrons. The lowest BCUT2D eigenvalue weighted by atomic mass is 10.1. The third-order valence-corrected chi connectivity index (χ3v) is 3.66. The van der Waals surface area contributed by atoms with Crippen molar-refractivity contribution in [3.8, 4) is 5.75 Å². The number of nitrogens with zero attached hydrogens (tertiary/aromatic N) is 2. The molecule has 1 aromatic heterocycles. The summed E-state index contributed by atoms with van der Waals surface area (Å²) in [4.78, 5) is 4.62. The first-order chi connectivity index (χ1) is 12.5. The number of nitrogens with one attached hydrogen (secondary N) is 2. The van der Waals surface area contributed by atoms with E-state index in [0.717, 1.165) is 35.3 Å². The summed E-state index contributed by atoms with van der Waals surface area (Å²) in [5.41, 5.74) is 2.09. The summed E-state index contributed by atoms with van der Waals surface area (Å²) in [6.45, 7) is 12.2. The highest BCUT2D eigenvalue weighted by molar-refractivity contribution is 5.79. The van der Waals surface area contributed by atoms with Gasteiger partial charge in [-0.25, -0.2) is 4.99 Å². The van der Waals surface area contributed by atoms with E-state index in [0.29, 0.717) is 19.0 Å². The Morgan fingerprint density at radius 1 is 1.15 bits per heavy atom. The smallest absolute Gasteiger partial charge is 0.191 e. The van der Waals surface area contributed by atoms with Crippen molar-refractivity contribution in [3.05, 3.63) is 47.3 Å². The predicted octanol–water partition coefficient (Wildman–Crippen LogP) is 3.84. The summed E-state index contributed by atoms with van der Waals surface area (Å²) in [5, 5.41) is 10.6. The highest BCUT2D eigenvalue weighted by Crippen LogP contribution is 2.15. The van der Waals surface area contributed by atoms with E-state index < -0.39 is 0 Å². The van der Waals surface area contributed by atoms with Gasteiger partial charge in [-0.2, -0.15) is 0 Å². The zero-order chi connectivity index (χ0) is 18.9. The number of hydrogen-bond acceptors (Lipinski definition) is 4. The van der Waals surface area contributed by atoms with Gasteiger partial charge in [0, 0.05) is 12.6 Å². The van der Waals surface area contributed by atoms with Crippen LogP contribution in [0.5, 0.6) is 5.75 Å². The minimum atomic E-state index is 0.177. The molecule has 0 amide bonds. The van der Waals surface area contributed by atoms with E-state index in [1.807, 2.05) is 51.1 Å². The molecule has 142 valence electrons. The third kappa shape index (κ3) is 6.43. The van der Waals surface area contributed by atoms with Crippen molar-refractivity contribution < 1.29 is 9.26 Å². The monoisotopic (exact) mass is 358 g/mol. The van der Waals surface area contributed by atoms with E-state index in [9.17, 15) is 0 Å². The number of benzene rings is 1. The normalized spacial score (nSPS) is 11.9. The van der Waals surface area contributed by atoms with E-state index in [1.165, 1.54) is 0 Å². The Balaban J connectivity index is 1.92. The van der Waals surface area contributed by atoms with Crippen molar-refractivity contribution in [1.82, 2.24) is 15.8 Å². The van der Waals surface area contributed by atoms with Crippen LogP contribution in [-0.2, 0) is 13.1 Å². The van der Waals surface area contributed by atoms with Gasteiger partial charge in [0.2, 0.25) is 0 Å². The highest BCUT2D eigenvalue weighted by atomic mass is 16.5. The number of guanidine groups is 1. The van der Waals surface area contributed by atoms with Gasteiger partial charge in [0.15, 0.2) is 11.7 Å². The van der Waals surface area contributed by atoms with Gasteiger partial charge >= 0.3 is 0 Å². The molecule has 1 heterocycles. The van der Waals surface area contributed by atoms with Crippen LogP contribution >= 0.6 is 0 Å². The molecule has 0 aliphatic carbocycles. The van der Waals surface area contributed by atoms with Crippen molar-refractivity contribution in [1.29, 1.82) is 0 Å². The van der Waals surface area contributed by atoms with E-state index >= 15 is 0 Å². The molecule has 0 spiro atoms. The molecule has 2 rings (SSSR count). The van der Waals surface area contributed by atoms with Gasteiger partial charge in [0.05, 0.1) is 24.9 Å². The molecule has 0 fully saturated rings. The van der Waals surface area contributed by atoms with E-state index in [-0.39, 0.29) is 6.10 Å². The molecule has 0 aliphatic rings. The fourth-order valence-corrected chi connectivity index (χ4v) is 2.31. The van der Waals surface area contributed by atoms with Crippen LogP contribution in [0.4, 0.5) is 0 Å². The molecule has 6 nitrogen and oxygen atoms in total. The zero-order valence-electron chi connectivity index (χ0n) is 16.4. The Morgan fingerprint density at radius 2 is 1.88 bits per heavy atom. The standard InChI is InChI=1S/C20H30N4O2/c1-6-21-20(23-13-18-11-19(14(2)3)24-26-18)22-12-16-7-9-17(10-8-16)25-15(4)5/h7-11,14-15H,6,12-13H2,1-5H3,(H2,21,22,23). The molecule has 6 heteroatoms. The van der Waals surface area contributed by atoms with Crippen LogP contribution in [0, 0.1) is 0 Å². The molecule has 0 aliphatic heterocycles. The van der Waals surface area contributed by atoms with Crippen LogP contribution in [0.2, 0.25) is 0 Å². The minimum Gasteiger partial charge on any atom is -0.491 e. The summed E-state index contributed by atoms with van der Waals surface area (Å²) in [6.07, 6.45) is 0.177. The second-order valence-electron chi connectivity index (χ2n) is 6.73. The average molecular weight is 358 g/mol. The fraction of sp³-hybridized carbons (Fsp3) is 0.500. The molecule has 0 saturated heterocycles. The van der Waals surface area contributed by atoms with Crippen molar-refractivity contribution in [2.45, 2.75) is 59.7 Å². The maximum atomic E-state index is 5.66. The lowest BCUT2D eigenvalue weighted by Crippen LogP contribution is -2.36. The third-order valence-electron chi connectivity index (χ3n) is 3.66. The maximum Gasteiger partial charge on any atom is 0.191 e. The average Bonchev–Trinajstić information content (AvgIpc) is 3.07. The van der Waals surface area contributed by atoms with Crippen LogP contribution in [0.1, 0.15) is 57.6 Å². The number of hydrogen-bond donors (Lipinski definition) is 2.